The molecule has 26 heavy (non-hydrogen) atoms. The van der Waals surface area contributed by atoms with Gasteiger partial charge < -0.3 is 20.7 Å². The Hall–Kier alpha value is -2.35. The summed E-state index contributed by atoms with van der Waals surface area (Å²) in [7, 11) is 0. The summed E-state index contributed by atoms with van der Waals surface area (Å²) in [5.74, 6) is 0.589. The van der Waals surface area contributed by atoms with Gasteiger partial charge in [0.05, 0.1) is 17.6 Å². The lowest BCUT2D eigenvalue weighted by Gasteiger charge is -2.28. The van der Waals surface area contributed by atoms with Gasteiger partial charge >= 0.3 is 6.03 Å². The molecule has 2 rings (SSSR count). The van der Waals surface area contributed by atoms with Crippen LogP contribution in [0.5, 0.6) is 0 Å². The zero-order chi connectivity index (χ0) is 18.8. The van der Waals surface area contributed by atoms with Crippen molar-refractivity contribution in [1.29, 1.82) is 0 Å². The van der Waals surface area contributed by atoms with Gasteiger partial charge in [-0.15, -0.1) is 0 Å². The molecule has 0 spiro atoms. The molecule has 0 aliphatic heterocycles. The van der Waals surface area contributed by atoms with Crippen LogP contribution in [0, 0.1) is 16.0 Å². The molecule has 0 aromatic heterocycles. The number of carbonyl (C=O) groups excluding carboxylic acids is 1. The van der Waals surface area contributed by atoms with Crippen LogP contribution in [0.25, 0.3) is 0 Å². The zero-order valence-corrected chi connectivity index (χ0v) is 15.2. The highest BCUT2D eigenvalue weighted by molar-refractivity contribution is 5.73. The Morgan fingerprint density at radius 3 is 2.69 bits per heavy atom. The maximum atomic E-state index is 11.7. The maximum Gasteiger partial charge on any atom is 0.314 e. The molecule has 2 amide bonds. The van der Waals surface area contributed by atoms with E-state index < -0.39 is 4.92 Å². The number of urea groups is 1. The van der Waals surface area contributed by atoms with Gasteiger partial charge in [0.2, 0.25) is 0 Å². The molecule has 1 aliphatic carbocycles. The standard InChI is InChI=1S/C18H28N4O4/c1-14-6-2-5-9-17(14)26-13-12-21-18(23)20-11-10-19-15-7-3-4-8-16(15)22(24)25/h3-4,7-8,14,17,19H,2,5-6,9-13H2,1H3,(H2,20,21,23). The number of amides is 2. The van der Waals surface area contributed by atoms with E-state index in [9.17, 15) is 14.9 Å². The molecule has 1 aliphatic rings. The Labute approximate surface area is 153 Å². The molecule has 1 aromatic carbocycles. The van der Waals surface area contributed by atoms with E-state index in [2.05, 4.69) is 22.9 Å². The molecule has 8 heteroatoms. The van der Waals surface area contributed by atoms with Crippen molar-refractivity contribution in [3.63, 3.8) is 0 Å². The fourth-order valence-electron chi connectivity index (χ4n) is 3.12. The lowest BCUT2D eigenvalue weighted by atomic mass is 9.88. The summed E-state index contributed by atoms with van der Waals surface area (Å²) in [6.45, 7) is 3.95. The number of benzene rings is 1. The summed E-state index contributed by atoms with van der Waals surface area (Å²) in [4.78, 5) is 22.2. The molecule has 0 radical (unpaired) electrons. The van der Waals surface area contributed by atoms with E-state index >= 15 is 0 Å². The van der Waals surface area contributed by atoms with Crippen LogP contribution in [-0.2, 0) is 4.74 Å². The van der Waals surface area contributed by atoms with E-state index in [4.69, 9.17) is 4.74 Å². The molecule has 1 saturated carbocycles. The minimum Gasteiger partial charge on any atom is -0.378 e. The Balaban J connectivity index is 1.56. The molecule has 1 aromatic rings. The van der Waals surface area contributed by atoms with Crippen LogP contribution >= 0.6 is 0 Å². The molecule has 2 atom stereocenters. The second kappa shape index (κ2) is 10.6. The molecule has 2 unspecified atom stereocenters. The largest absolute Gasteiger partial charge is 0.378 e. The van der Waals surface area contributed by atoms with Crippen LogP contribution in [-0.4, -0.2) is 43.3 Å². The molecular formula is C18H28N4O4. The second-order valence-electron chi connectivity index (χ2n) is 6.55. The molecule has 1 fully saturated rings. The van der Waals surface area contributed by atoms with Crippen molar-refractivity contribution in [3.05, 3.63) is 34.4 Å². The average Bonchev–Trinajstić information content (AvgIpc) is 2.64. The van der Waals surface area contributed by atoms with Gasteiger partial charge in [-0.25, -0.2) is 4.79 Å². The van der Waals surface area contributed by atoms with Crippen molar-refractivity contribution >= 4 is 17.4 Å². The van der Waals surface area contributed by atoms with Crippen LogP contribution in [0.2, 0.25) is 0 Å². The normalized spacial score (nSPS) is 19.6. The number of carbonyl (C=O) groups is 1. The number of nitrogens with one attached hydrogen (secondary N) is 3. The van der Waals surface area contributed by atoms with Gasteiger partial charge in [0.1, 0.15) is 5.69 Å². The third-order valence-corrected chi connectivity index (χ3v) is 4.58. The molecule has 0 saturated heterocycles. The molecule has 8 nitrogen and oxygen atoms in total. The van der Waals surface area contributed by atoms with E-state index in [1.54, 1.807) is 18.2 Å². The number of nitro benzene ring substituents is 1. The lowest BCUT2D eigenvalue weighted by molar-refractivity contribution is -0.384. The van der Waals surface area contributed by atoms with E-state index in [1.165, 1.54) is 25.3 Å². The highest BCUT2D eigenvalue weighted by Gasteiger charge is 2.21. The second-order valence-corrected chi connectivity index (χ2v) is 6.55. The van der Waals surface area contributed by atoms with E-state index in [1.807, 2.05) is 0 Å². The number of nitro groups is 1. The van der Waals surface area contributed by atoms with Gasteiger partial charge in [0.25, 0.3) is 5.69 Å². The van der Waals surface area contributed by atoms with Crippen LogP contribution in [0.3, 0.4) is 0 Å². The number of hydrogen-bond acceptors (Lipinski definition) is 5. The Morgan fingerprint density at radius 2 is 1.92 bits per heavy atom. The van der Waals surface area contributed by atoms with E-state index in [0.717, 1.165) is 6.42 Å². The van der Waals surface area contributed by atoms with Crippen molar-refractivity contribution < 1.29 is 14.5 Å². The highest BCUT2D eigenvalue weighted by Crippen LogP contribution is 2.26. The minimum absolute atomic E-state index is 0.0195. The molecular weight excluding hydrogens is 336 g/mol. The Bertz CT molecular complexity index is 596. The molecule has 0 bridgehead atoms. The van der Waals surface area contributed by atoms with Crippen LogP contribution < -0.4 is 16.0 Å². The number of anilines is 1. The minimum atomic E-state index is -0.435. The van der Waals surface area contributed by atoms with Gasteiger partial charge in [-0.2, -0.15) is 0 Å². The molecule has 0 heterocycles. The topological polar surface area (TPSA) is 106 Å². The predicted molar refractivity (Wildman–Crippen MR) is 100 cm³/mol. The first-order valence-electron chi connectivity index (χ1n) is 9.18. The summed E-state index contributed by atoms with van der Waals surface area (Å²) < 4.78 is 5.85. The number of para-hydroxylation sites is 2. The quantitative estimate of drug-likeness (QED) is 0.355. The molecule has 144 valence electrons. The van der Waals surface area contributed by atoms with E-state index in [-0.39, 0.29) is 11.7 Å². The monoisotopic (exact) mass is 364 g/mol. The predicted octanol–water partition coefficient (Wildman–Crippen LogP) is 2.90. The van der Waals surface area contributed by atoms with Crippen molar-refractivity contribution in [3.8, 4) is 0 Å². The third-order valence-electron chi connectivity index (χ3n) is 4.58. The van der Waals surface area contributed by atoms with Crippen molar-refractivity contribution in [2.24, 2.45) is 5.92 Å². The Kier molecular flexibility index (Phi) is 8.14. The van der Waals surface area contributed by atoms with Gasteiger partial charge in [-0.1, -0.05) is 31.9 Å². The van der Waals surface area contributed by atoms with Gasteiger partial charge in [0.15, 0.2) is 0 Å². The summed E-state index contributed by atoms with van der Waals surface area (Å²) in [6.07, 6.45) is 5.12. The fourth-order valence-corrected chi connectivity index (χ4v) is 3.12. The summed E-state index contributed by atoms with van der Waals surface area (Å²) in [5.41, 5.74) is 0.459. The SMILES string of the molecule is CC1CCCCC1OCCNC(=O)NCCNc1ccccc1[N+](=O)[O-]. The summed E-state index contributed by atoms with van der Waals surface area (Å²) in [5, 5.41) is 19.3. The average molecular weight is 364 g/mol. The van der Waals surface area contributed by atoms with Gasteiger partial charge in [0, 0.05) is 25.7 Å². The van der Waals surface area contributed by atoms with Gasteiger partial charge in [-0.3, -0.25) is 10.1 Å². The fraction of sp³-hybridized carbons (Fsp3) is 0.611. The first-order chi connectivity index (χ1) is 12.6. The van der Waals surface area contributed by atoms with Crippen molar-refractivity contribution in [2.75, 3.05) is 31.6 Å². The summed E-state index contributed by atoms with van der Waals surface area (Å²) in [6, 6.07) is 6.15. The molecule has 3 N–H and O–H groups in total. The first kappa shape index (κ1) is 20.0. The lowest BCUT2D eigenvalue weighted by Crippen LogP contribution is -2.40. The van der Waals surface area contributed by atoms with Crippen LogP contribution in [0.15, 0.2) is 24.3 Å². The number of rotatable bonds is 9. The first-order valence-corrected chi connectivity index (χ1v) is 9.18. The van der Waals surface area contributed by atoms with Gasteiger partial charge in [-0.05, 0) is 24.8 Å². The number of nitrogens with zero attached hydrogens (tertiary/aromatic N) is 1. The zero-order valence-electron chi connectivity index (χ0n) is 15.2. The maximum absolute atomic E-state index is 11.7. The van der Waals surface area contributed by atoms with Crippen LogP contribution in [0.1, 0.15) is 32.6 Å². The highest BCUT2D eigenvalue weighted by atomic mass is 16.6. The van der Waals surface area contributed by atoms with Crippen LogP contribution in [0.4, 0.5) is 16.2 Å². The smallest absolute Gasteiger partial charge is 0.314 e. The number of ether oxygens (including phenoxy) is 1. The summed E-state index contributed by atoms with van der Waals surface area (Å²) >= 11 is 0. The third kappa shape index (κ3) is 6.51. The number of hydrogen-bond donors (Lipinski definition) is 3. The van der Waals surface area contributed by atoms with Crippen molar-refractivity contribution in [1.82, 2.24) is 10.6 Å². The Morgan fingerprint density at radius 1 is 1.19 bits per heavy atom. The van der Waals surface area contributed by atoms with Crippen molar-refractivity contribution in [2.45, 2.75) is 38.7 Å². The van der Waals surface area contributed by atoms with E-state index in [0.29, 0.717) is 44.0 Å².